The molecule has 1 rings (SSSR count). The van der Waals surface area contributed by atoms with Gasteiger partial charge in [0.2, 0.25) is 0 Å². The quantitative estimate of drug-likeness (QED) is 0.683. The Hall–Kier alpha value is -0.100. The summed E-state index contributed by atoms with van der Waals surface area (Å²) in [5.41, 5.74) is 0. The van der Waals surface area contributed by atoms with Crippen LogP contribution >= 0.6 is 7.82 Å². The molecule has 78 valence electrons. The van der Waals surface area contributed by atoms with E-state index in [1.165, 1.54) is 0 Å². The van der Waals surface area contributed by atoms with Crippen LogP contribution in [0.1, 0.15) is 6.42 Å². The first-order valence-electron chi connectivity index (χ1n) is 3.53. The van der Waals surface area contributed by atoms with Crippen LogP contribution in [-0.2, 0) is 18.1 Å². The zero-order valence-electron chi connectivity index (χ0n) is 6.49. The van der Waals surface area contributed by atoms with E-state index >= 15 is 0 Å². The maximum atomic E-state index is 12.3. The van der Waals surface area contributed by atoms with Crippen molar-refractivity contribution in [3.63, 3.8) is 0 Å². The van der Waals surface area contributed by atoms with Gasteiger partial charge in [0, 0.05) is 0 Å². The van der Waals surface area contributed by atoms with Crippen LogP contribution in [0.25, 0.3) is 0 Å². The average molecular weight is 220 g/mol. The number of hydrogen-bond donors (Lipinski definition) is 0. The number of hydrogen-bond acceptors (Lipinski definition) is 4. The molecule has 1 saturated heterocycles. The van der Waals surface area contributed by atoms with Crippen LogP contribution in [0.3, 0.4) is 0 Å². The highest BCUT2D eigenvalue weighted by atomic mass is 31.2. The van der Waals surface area contributed by atoms with Crippen molar-refractivity contribution < 1.29 is 31.3 Å². The molecule has 0 aromatic heterocycles. The summed E-state index contributed by atoms with van der Waals surface area (Å²) in [6.07, 6.45) is -5.83. The molecule has 13 heavy (non-hydrogen) atoms. The molecule has 1 unspecified atom stereocenters. The van der Waals surface area contributed by atoms with Gasteiger partial charge < -0.3 is 0 Å². The topological polar surface area (TPSA) is 44.8 Å². The molecule has 4 nitrogen and oxygen atoms in total. The highest BCUT2D eigenvalue weighted by Crippen LogP contribution is 2.53. The summed E-state index contributed by atoms with van der Waals surface area (Å²) in [6.45, 7) is 0.0977. The summed E-state index contributed by atoms with van der Waals surface area (Å²) in [5.74, 6) is 0. The van der Waals surface area contributed by atoms with Crippen molar-refractivity contribution >= 4 is 7.82 Å². The molecule has 0 radical (unpaired) electrons. The Bertz CT molecular complexity index is 202. The second-order valence-corrected chi connectivity index (χ2v) is 3.88. The molecule has 0 aliphatic carbocycles. The molecule has 0 saturated carbocycles. The molecular weight excluding hydrogens is 212 g/mol. The first kappa shape index (κ1) is 11.0. The van der Waals surface area contributed by atoms with E-state index in [0.717, 1.165) is 0 Å². The second-order valence-electron chi connectivity index (χ2n) is 2.26. The van der Waals surface area contributed by atoms with Crippen LogP contribution in [-0.4, -0.2) is 26.0 Å². The molecule has 8 heteroatoms. The molecule has 0 N–H and O–H groups in total. The molecule has 0 spiro atoms. The Morgan fingerprint density at radius 3 is 2.23 bits per heavy atom. The van der Waals surface area contributed by atoms with Gasteiger partial charge in [-0.25, -0.2) is 22.3 Å². The lowest BCUT2D eigenvalue weighted by atomic mass is 10.5. The predicted octanol–water partition coefficient (Wildman–Crippen LogP) is 2.11. The SMILES string of the molecule is O=P1(OC(F)C(F)F)OCCCO1. The van der Waals surface area contributed by atoms with Gasteiger partial charge in [0.05, 0.1) is 13.2 Å². The van der Waals surface area contributed by atoms with Crippen LogP contribution in [0.2, 0.25) is 0 Å². The van der Waals surface area contributed by atoms with Gasteiger partial charge in [0.15, 0.2) is 0 Å². The second kappa shape index (κ2) is 4.41. The van der Waals surface area contributed by atoms with Crippen molar-refractivity contribution in [2.24, 2.45) is 0 Å². The third kappa shape index (κ3) is 3.27. The summed E-state index contributed by atoms with van der Waals surface area (Å²) in [7, 11) is -4.08. The van der Waals surface area contributed by atoms with E-state index in [1.54, 1.807) is 0 Å². The molecule has 0 aromatic carbocycles. The Morgan fingerprint density at radius 1 is 1.23 bits per heavy atom. The summed E-state index contributed by atoms with van der Waals surface area (Å²) < 4.78 is 59.3. The van der Waals surface area contributed by atoms with Gasteiger partial charge >= 0.3 is 7.82 Å². The Balaban J connectivity index is 2.45. The van der Waals surface area contributed by atoms with Crippen molar-refractivity contribution in [3.8, 4) is 0 Å². The smallest absolute Gasteiger partial charge is 0.287 e. The third-order valence-corrected chi connectivity index (χ3v) is 2.67. The fourth-order valence-electron chi connectivity index (χ4n) is 0.679. The van der Waals surface area contributed by atoms with Crippen molar-refractivity contribution in [2.75, 3.05) is 13.2 Å². The van der Waals surface area contributed by atoms with Gasteiger partial charge in [-0.2, -0.15) is 0 Å². The summed E-state index contributed by atoms with van der Waals surface area (Å²) >= 11 is 0. The fraction of sp³-hybridized carbons (Fsp3) is 1.00. The van der Waals surface area contributed by atoms with Gasteiger partial charge in [-0.15, -0.1) is 0 Å². The van der Waals surface area contributed by atoms with E-state index in [0.29, 0.717) is 6.42 Å². The van der Waals surface area contributed by atoms with Gasteiger partial charge in [-0.3, -0.25) is 9.05 Å². The Kier molecular flexibility index (Phi) is 3.73. The standard InChI is InChI=1S/C5H8F3O4P/c6-4(7)5(8)12-13(9)10-2-1-3-11-13/h4-5H,1-3H2. The van der Waals surface area contributed by atoms with Gasteiger partial charge in [-0.1, -0.05) is 0 Å². The van der Waals surface area contributed by atoms with Crippen LogP contribution in [0, 0.1) is 0 Å². The van der Waals surface area contributed by atoms with Crippen molar-refractivity contribution in [3.05, 3.63) is 0 Å². The number of alkyl halides is 3. The Labute approximate surface area is 72.6 Å². The molecule has 0 aromatic rings. The normalized spacial score (nSPS) is 24.6. The van der Waals surface area contributed by atoms with Crippen LogP contribution < -0.4 is 0 Å². The van der Waals surface area contributed by atoms with E-state index in [1.807, 2.05) is 0 Å². The molecule has 0 bridgehead atoms. The Morgan fingerprint density at radius 2 is 1.77 bits per heavy atom. The largest absolute Gasteiger partial charge is 0.477 e. The van der Waals surface area contributed by atoms with E-state index in [9.17, 15) is 17.7 Å². The van der Waals surface area contributed by atoms with E-state index < -0.39 is 20.6 Å². The number of phosphoric ester groups is 1. The van der Waals surface area contributed by atoms with E-state index in [-0.39, 0.29) is 13.2 Å². The van der Waals surface area contributed by atoms with Crippen molar-refractivity contribution in [1.29, 1.82) is 0 Å². The maximum Gasteiger partial charge on any atom is 0.477 e. The highest BCUT2D eigenvalue weighted by molar-refractivity contribution is 7.48. The predicted molar refractivity (Wildman–Crippen MR) is 36.1 cm³/mol. The molecule has 1 atom stereocenters. The molecule has 0 amide bonds. The minimum Gasteiger partial charge on any atom is -0.287 e. The van der Waals surface area contributed by atoms with Gasteiger partial charge in [0.1, 0.15) is 0 Å². The molecule has 1 aliphatic heterocycles. The highest BCUT2D eigenvalue weighted by Gasteiger charge is 2.36. The first-order chi connectivity index (χ1) is 6.03. The minimum atomic E-state index is -4.08. The number of phosphoric acid groups is 1. The molecule has 1 aliphatic rings. The zero-order valence-corrected chi connectivity index (χ0v) is 7.38. The summed E-state index contributed by atoms with van der Waals surface area (Å²) in [6, 6.07) is 0. The van der Waals surface area contributed by atoms with E-state index in [4.69, 9.17) is 0 Å². The van der Waals surface area contributed by atoms with Crippen molar-refractivity contribution in [2.45, 2.75) is 19.2 Å². The van der Waals surface area contributed by atoms with Crippen LogP contribution in [0.5, 0.6) is 0 Å². The lowest BCUT2D eigenvalue weighted by Gasteiger charge is -2.22. The molecular formula is C5H8F3O4P. The molecule has 1 fully saturated rings. The van der Waals surface area contributed by atoms with Gasteiger partial charge in [0.25, 0.3) is 12.8 Å². The van der Waals surface area contributed by atoms with Gasteiger partial charge in [-0.05, 0) is 6.42 Å². The first-order valence-corrected chi connectivity index (χ1v) is 4.99. The third-order valence-electron chi connectivity index (χ3n) is 1.22. The van der Waals surface area contributed by atoms with E-state index in [2.05, 4.69) is 13.6 Å². The number of halogens is 3. The number of rotatable bonds is 3. The minimum absolute atomic E-state index is 0.0488. The summed E-state index contributed by atoms with van der Waals surface area (Å²) in [4.78, 5) is 0. The van der Waals surface area contributed by atoms with Crippen LogP contribution in [0.4, 0.5) is 13.2 Å². The van der Waals surface area contributed by atoms with Crippen molar-refractivity contribution in [1.82, 2.24) is 0 Å². The monoisotopic (exact) mass is 220 g/mol. The molecule has 1 heterocycles. The fourth-order valence-corrected chi connectivity index (χ4v) is 1.92. The summed E-state index contributed by atoms with van der Waals surface area (Å²) in [5, 5.41) is 0. The maximum absolute atomic E-state index is 12.3. The van der Waals surface area contributed by atoms with Crippen LogP contribution in [0.15, 0.2) is 0 Å². The average Bonchev–Trinajstić information content (AvgIpc) is 2.04. The lowest BCUT2D eigenvalue weighted by Crippen LogP contribution is -2.19. The zero-order chi connectivity index (χ0) is 9.90. The lowest BCUT2D eigenvalue weighted by molar-refractivity contribution is -0.0906.